The molecule has 162 valence electrons. The van der Waals surface area contributed by atoms with Gasteiger partial charge in [-0.05, 0) is 57.1 Å². The van der Waals surface area contributed by atoms with Crippen molar-refractivity contribution in [3.05, 3.63) is 22.4 Å². The summed E-state index contributed by atoms with van der Waals surface area (Å²) >= 11 is 1.83. The molecule has 1 fully saturated rings. The molecule has 2 atom stereocenters. The molecule has 1 aromatic rings. The van der Waals surface area contributed by atoms with E-state index in [0.717, 1.165) is 25.6 Å². The molecule has 1 aliphatic heterocycles. The van der Waals surface area contributed by atoms with Crippen molar-refractivity contribution in [1.82, 2.24) is 20.3 Å². The maximum atomic E-state index is 11.1. The van der Waals surface area contributed by atoms with Crippen molar-refractivity contribution in [3.63, 3.8) is 0 Å². The van der Waals surface area contributed by atoms with Gasteiger partial charge in [-0.3, -0.25) is 9.89 Å². The molecule has 2 unspecified atom stereocenters. The summed E-state index contributed by atoms with van der Waals surface area (Å²) in [6.45, 7) is 5.86. The minimum Gasteiger partial charge on any atom is -0.357 e. The minimum atomic E-state index is -3.12. The van der Waals surface area contributed by atoms with E-state index in [2.05, 4.69) is 44.8 Å². The van der Waals surface area contributed by atoms with Crippen molar-refractivity contribution in [2.24, 2.45) is 10.9 Å². The van der Waals surface area contributed by atoms with Gasteiger partial charge in [0.15, 0.2) is 5.96 Å². The van der Waals surface area contributed by atoms with Crippen LogP contribution in [0.4, 0.5) is 0 Å². The maximum Gasteiger partial charge on any atom is 0.208 e. The van der Waals surface area contributed by atoms with Gasteiger partial charge in [0, 0.05) is 37.1 Å². The Morgan fingerprint density at radius 1 is 1.36 bits per heavy atom. The van der Waals surface area contributed by atoms with Crippen LogP contribution in [0.1, 0.15) is 37.1 Å². The number of nitrogens with zero attached hydrogens (tertiary/aromatic N) is 2. The Balaban J connectivity index is 0.00000392. The van der Waals surface area contributed by atoms with Gasteiger partial charge in [-0.15, -0.1) is 35.3 Å². The Morgan fingerprint density at radius 3 is 2.79 bits per heavy atom. The van der Waals surface area contributed by atoms with Crippen LogP contribution in [-0.2, 0) is 10.0 Å². The summed E-state index contributed by atoms with van der Waals surface area (Å²) in [5, 5.41) is 8.73. The number of aliphatic imine (C=N–C) groups is 1. The van der Waals surface area contributed by atoms with Gasteiger partial charge in [0.25, 0.3) is 0 Å². The fraction of sp³-hybridized carbons (Fsp3) is 0.722. The maximum absolute atomic E-state index is 11.1. The Labute approximate surface area is 190 Å². The predicted molar refractivity (Wildman–Crippen MR) is 129 cm³/mol. The van der Waals surface area contributed by atoms with Gasteiger partial charge < -0.3 is 10.6 Å². The highest BCUT2D eigenvalue weighted by Gasteiger charge is 2.31. The van der Waals surface area contributed by atoms with Crippen molar-refractivity contribution < 1.29 is 8.42 Å². The number of hydrogen-bond donors (Lipinski definition) is 3. The van der Waals surface area contributed by atoms with Gasteiger partial charge in [-0.1, -0.05) is 6.07 Å². The van der Waals surface area contributed by atoms with Gasteiger partial charge >= 0.3 is 0 Å². The van der Waals surface area contributed by atoms with E-state index in [0.29, 0.717) is 31.5 Å². The third-order valence-electron chi connectivity index (χ3n) is 4.68. The second-order valence-electron chi connectivity index (χ2n) is 7.01. The van der Waals surface area contributed by atoms with Crippen molar-refractivity contribution >= 4 is 51.3 Å². The van der Waals surface area contributed by atoms with Crippen molar-refractivity contribution in [2.45, 2.75) is 32.2 Å². The molecule has 0 spiro atoms. The van der Waals surface area contributed by atoms with Crippen LogP contribution in [0.15, 0.2) is 22.5 Å². The van der Waals surface area contributed by atoms with E-state index in [1.54, 1.807) is 0 Å². The molecule has 0 radical (unpaired) electrons. The number of halogens is 1. The van der Waals surface area contributed by atoms with Crippen LogP contribution in [0, 0.1) is 5.92 Å². The first-order chi connectivity index (χ1) is 12.9. The van der Waals surface area contributed by atoms with Gasteiger partial charge in [0.2, 0.25) is 10.0 Å². The average molecular weight is 544 g/mol. The molecule has 0 amide bonds. The Bertz CT molecular complexity index is 682. The zero-order valence-corrected chi connectivity index (χ0v) is 20.9. The summed E-state index contributed by atoms with van der Waals surface area (Å²) < 4.78 is 24.7. The molecule has 0 saturated carbocycles. The van der Waals surface area contributed by atoms with E-state index in [1.165, 1.54) is 24.0 Å². The van der Waals surface area contributed by atoms with E-state index < -0.39 is 10.0 Å². The summed E-state index contributed by atoms with van der Waals surface area (Å²) in [6.07, 6.45) is 4.28. The number of likely N-dealkylation sites (tertiary alicyclic amines) is 1. The van der Waals surface area contributed by atoms with Crippen molar-refractivity contribution in [1.29, 1.82) is 0 Å². The van der Waals surface area contributed by atoms with E-state index in [9.17, 15) is 8.42 Å². The second-order valence-corrected chi connectivity index (χ2v) is 9.82. The van der Waals surface area contributed by atoms with Crippen LogP contribution >= 0.6 is 35.3 Å². The fourth-order valence-corrected chi connectivity index (χ4v) is 4.96. The highest BCUT2D eigenvalue weighted by Crippen LogP contribution is 2.37. The van der Waals surface area contributed by atoms with Gasteiger partial charge in [0.1, 0.15) is 0 Å². The van der Waals surface area contributed by atoms with E-state index in [1.807, 2.05) is 18.3 Å². The third-order valence-corrected chi connectivity index (χ3v) is 6.35. The number of rotatable bonds is 9. The standard InChI is InChI=1S/C18H33N5O2S2.HI/c1-4-19-18(20-10-7-11-22-27(3,24)25)21-14-15-8-5-12-23(2)17(15)16-9-6-13-26-16;/h6,9,13,15,17,22H,4-5,7-8,10-12,14H2,1-3H3,(H2,19,20,21);1H. The molecule has 1 aromatic heterocycles. The normalized spacial score (nSPS) is 21.2. The lowest BCUT2D eigenvalue weighted by Gasteiger charge is -2.38. The first-order valence-corrected chi connectivity index (χ1v) is 12.4. The molecule has 7 nitrogen and oxygen atoms in total. The Morgan fingerprint density at radius 2 is 2.14 bits per heavy atom. The van der Waals surface area contributed by atoms with Crippen LogP contribution in [0.25, 0.3) is 0 Å². The number of thiophene rings is 1. The van der Waals surface area contributed by atoms with Crippen molar-refractivity contribution in [3.8, 4) is 0 Å². The largest absolute Gasteiger partial charge is 0.357 e. The molecule has 2 heterocycles. The van der Waals surface area contributed by atoms with Gasteiger partial charge in [-0.2, -0.15) is 0 Å². The number of guanidine groups is 1. The zero-order valence-electron chi connectivity index (χ0n) is 17.0. The smallest absolute Gasteiger partial charge is 0.208 e. The monoisotopic (exact) mass is 543 g/mol. The number of nitrogens with one attached hydrogen (secondary N) is 3. The molecule has 1 saturated heterocycles. The van der Waals surface area contributed by atoms with Gasteiger partial charge in [-0.25, -0.2) is 13.1 Å². The Kier molecular flexibility index (Phi) is 11.9. The highest BCUT2D eigenvalue weighted by molar-refractivity contribution is 14.0. The summed E-state index contributed by atoms with van der Waals surface area (Å²) in [6, 6.07) is 4.79. The van der Waals surface area contributed by atoms with Crippen LogP contribution in [0.5, 0.6) is 0 Å². The van der Waals surface area contributed by atoms with Crippen molar-refractivity contribution in [2.75, 3.05) is 46.0 Å². The minimum absolute atomic E-state index is 0. The van der Waals surface area contributed by atoms with Crippen LogP contribution in [-0.4, -0.2) is 65.3 Å². The lowest BCUT2D eigenvalue weighted by molar-refractivity contribution is 0.128. The molecule has 2 rings (SSSR count). The lowest BCUT2D eigenvalue weighted by atomic mass is 9.88. The lowest BCUT2D eigenvalue weighted by Crippen LogP contribution is -2.40. The van der Waals surface area contributed by atoms with Gasteiger partial charge in [0.05, 0.1) is 6.26 Å². The first kappa shape index (κ1) is 25.6. The molecule has 0 aromatic carbocycles. The number of sulfonamides is 1. The molecule has 28 heavy (non-hydrogen) atoms. The predicted octanol–water partition coefficient (Wildman–Crippen LogP) is 2.24. The summed E-state index contributed by atoms with van der Waals surface area (Å²) in [5.41, 5.74) is 0. The molecule has 1 aliphatic rings. The summed E-state index contributed by atoms with van der Waals surface area (Å²) in [7, 11) is -0.913. The molecule has 3 N–H and O–H groups in total. The fourth-order valence-electron chi connectivity index (χ4n) is 3.46. The van der Waals surface area contributed by atoms with E-state index in [-0.39, 0.29) is 24.0 Å². The van der Waals surface area contributed by atoms with Crippen LogP contribution in [0.2, 0.25) is 0 Å². The summed E-state index contributed by atoms with van der Waals surface area (Å²) in [5.74, 6) is 1.31. The van der Waals surface area contributed by atoms with E-state index >= 15 is 0 Å². The van der Waals surface area contributed by atoms with Crippen LogP contribution in [0.3, 0.4) is 0 Å². The molecular weight excluding hydrogens is 509 g/mol. The van der Waals surface area contributed by atoms with Crippen LogP contribution < -0.4 is 15.4 Å². The Hall–Kier alpha value is -0.430. The molecule has 0 aliphatic carbocycles. The topological polar surface area (TPSA) is 85.8 Å². The highest BCUT2D eigenvalue weighted by atomic mass is 127. The number of piperidine rings is 1. The third kappa shape index (κ3) is 8.93. The summed E-state index contributed by atoms with van der Waals surface area (Å²) in [4.78, 5) is 8.68. The second kappa shape index (κ2) is 13.0. The first-order valence-electron chi connectivity index (χ1n) is 9.61. The van der Waals surface area contributed by atoms with E-state index in [4.69, 9.17) is 4.99 Å². The molecular formula is C18H34IN5O2S2. The zero-order chi connectivity index (χ0) is 19.7. The number of hydrogen-bond acceptors (Lipinski definition) is 5. The average Bonchev–Trinajstić information content (AvgIpc) is 3.12. The quantitative estimate of drug-likeness (QED) is 0.193. The molecule has 0 bridgehead atoms. The SMILES string of the molecule is CCNC(=NCC1CCCN(C)C1c1cccs1)NCCCNS(C)(=O)=O.I. The molecule has 10 heteroatoms.